The summed E-state index contributed by atoms with van der Waals surface area (Å²) < 4.78 is 14.3. The number of halogens is 2. The number of hydrogen-bond donors (Lipinski definition) is 1. The van der Waals surface area contributed by atoms with Crippen molar-refractivity contribution < 1.29 is 9.18 Å². The summed E-state index contributed by atoms with van der Waals surface area (Å²) in [6.45, 7) is 3.49. The molecule has 0 aliphatic carbocycles. The number of piperidine rings is 1. The molecule has 2 saturated heterocycles. The van der Waals surface area contributed by atoms with E-state index in [0.29, 0.717) is 5.56 Å². The highest BCUT2D eigenvalue weighted by atomic mass is 35.5. The quantitative estimate of drug-likeness (QED) is 0.910. The van der Waals surface area contributed by atoms with Crippen LogP contribution in [0.15, 0.2) is 18.2 Å². The van der Waals surface area contributed by atoms with Gasteiger partial charge in [-0.2, -0.15) is 0 Å². The van der Waals surface area contributed by atoms with Crippen LogP contribution in [0.4, 0.5) is 4.39 Å². The summed E-state index contributed by atoms with van der Waals surface area (Å²) in [7, 11) is 0. The second kappa shape index (κ2) is 7.23. The molecule has 0 radical (unpaired) electrons. The van der Waals surface area contributed by atoms with E-state index in [9.17, 15) is 9.18 Å². The van der Waals surface area contributed by atoms with Crippen molar-refractivity contribution in [2.45, 2.75) is 31.6 Å². The van der Waals surface area contributed by atoms with Crippen molar-refractivity contribution in [1.29, 1.82) is 0 Å². The molecule has 2 heterocycles. The molecule has 1 amide bonds. The maximum Gasteiger partial charge on any atom is 0.253 e. The van der Waals surface area contributed by atoms with E-state index in [-0.39, 0.29) is 30.0 Å². The molecule has 2 fully saturated rings. The predicted molar refractivity (Wildman–Crippen MR) is 83.6 cm³/mol. The molecule has 1 aromatic carbocycles. The normalized spacial score (nSPS) is 19.4. The van der Waals surface area contributed by atoms with Gasteiger partial charge in [0.1, 0.15) is 5.82 Å². The number of nitrogens with one attached hydrogen (secondary N) is 1. The molecule has 116 valence electrons. The van der Waals surface area contributed by atoms with Crippen molar-refractivity contribution in [1.82, 2.24) is 10.2 Å². The van der Waals surface area contributed by atoms with E-state index in [1.54, 1.807) is 6.07 Å². The van der Waals surface area contributed by atoms with Gasteiger partial charge in [-0.05, 0) is 62.4 Å². The van der Waals surface area contributed by atoms with Gasteiger partial charge in [0.25, 0.3) is 5.91 Å². The van der Waals surface area contributed by atoms with Gasteiger partial charge in [-0.25, -0.2) is 4.39 Å². The summed E-state index contributed by atoms with van der Waals surface area (Å²) in [5.41, 5.74) is 1.26. The average Bonchev–Trinajstić information content (AvgIpc) is 3.01. The van der Waals surface area contributed by atoms with E-state index in [0.717, 1.165) is 57.4 Å². The van der Waals surface area contributed by atoms with Gasteiger partial charge in [0.15, 0.2) is 0 Å². The zero-order valence-corrected chi connectivity index (χ0v) is 12.9. The zero-order chi connectivity index (χ0) is 13.9. The first-order valence-electron chi connectivity index (χ1n) is 7.55. The monoisotopic (exact) mass is 312 g/mol. The highest BCUT2D eigenvalue weighted by Crippen LogP contribution is 2.28. The van der Waals surface area contributed by atoms with Crippen LogP contribution in [-0.4, -0.2) is 37.0 Å². The van der Waals surface area contributed by atoms with Gasteiger partial charge in [0.05, 0.1) is 0 Å². The first-order valence-corrected chi connectivity index (χ1v) is 7.55. The third-order valence-electron chi connectivity index (χ3n) is 4.42. The summed E-state index contributed by atoms with van der Waals surface area (Å²) in [5, 5.41) is 3.29. The molecule has 5 heteroatoms. The molecule has 0 aromatic heterocycles. The standard InChI is InChI=1S/C16H21FN2O.ClH/c17-15-11-13(16(20)19-9-1-2-10-19)3-4-14(15)12-5-7-18-8-6-12;/h3-4,11-12,18H,1-2,5-10H2;1H. The molecule has 21 heavy (non-hydrogen) atoms. The Kier molecular flexibility index (Phi) is 5.59. The number of nitrogens with zero attached hydrogens (tertiary/aromatic N) is 1. The zero-order valence-electron chi connectivity index (χ0n) is 12.1. The molecular formula is C16H22ClFN2O. The van der Waals surface area contributed by atoms with Crippen LogP contribution in [0, 0.1) is 5.82 Å². The topological polar surface area (TPSA) is 32.3 Å². The van der Waals surface area contributed by atoms with Crippen molar-refractivity contribution in [2.75, 3.05) is 26.2 Å². The van der Waals surface area contributed by atoms with E-state index in [1.165, 1.54) is 6.07 Å². The molecule has 2 aliphatic heterocycles. The van der Waals surface area contributed by atoms with Gasteiger partial charge in [0.2, 0.25) is 0 Å². The lowest BCUT2D eigenvalue weighted by molar-refractivity contribution is 0.0792. The van der Waals surface area contributed by atoms with Crippen LogP contribution in [0.25, 0.3) is 0 Å². The lowest BCUT2D eigenvalue weighted by atomic mass is 9.89. The van der Waals surface area contributed by atoms with Gasteiger partial charge >= 0.3 is 0 Å². The van der Waals surface area contributed by atoms with Crippen LogP contribution in [0.2, 0.25) is 0 Å². The lowest BCUT2D eigenvalue weighted by Gasteiger charge is -2.24. The van der Waals surface area contributed by atoms with Crippen molar-refractivity contribution >= 4 is 18.3 Å². The Morgan fingerprint density at radius 3 is 2.48 bits per heavy atom. The number of benzene rings is 1. The summed E-state index contributed by atoms with van der Waals surface area (Å²) in [6.07, 6.45) is 4.05. The Labute approximate surface area is 131 Å². The number of carbonyl (C=O) groups is 1. The smallest absolute Gasteiger partial charge is 0.253 e. The summed E-state index contributed by atoms with van der Waals surface area (Å²) >= 11 is 0. The van der Waals surface area contributed by atoms with Gasteiger partial charge < -0.3 is 10.2 Å². The Morgan fingerprint density at radius 2 is 1.86 bits per heavy atom. The molecule has 2 aliphatic rings. The third-order valence-corrected chi connectivity index (χ3v) is 4.42. The van der Waals surface area contributed by atoms with Gasteiger partial charge in [0, 0.05) is 18.7 Å². The minimum atomic E-state index is -0.220. The Bertz CT molecular complexity index is 497. The van der Waals surface area contributed by atoms with E-state index in [2.05, 4.69) is 5.32 Å². The molecule has 0 bridgehead atoms. The van der Waals surface area contributed by atoms with Crippen molar-refractivity contribution in [3.8, 4) is 0 Å². The van der Waals surface area contributed by atoms with Gasteiger partial charge in [-0.3, -0.25) is 4.79 Å². The largest absolute Gasteiger partial charge is 0.339 e. The van der Waals surface area contributed by atoms with E-state index in [1.807, 2.05) is 11.0 Å². The van der Waals surface area contributed by atoms with Crippen LogP contribution >= 0.6 is 12.4 Å². The first-order chi connectivity index (χ1) is 9.75. The molecule has 1 aromatic rings. The van der Waals surface area contributed by atoms with E-state index >= 15 is 0 Å². The second-order valence-corrected chi connectivity index (χ2v) is 5.76. The van der Waals surface area contributed by atoms with E-state index < -0.39 is 0 Å². The fourth-order valence-electron chi connectivity index (χ4n) is 3.23. The molecular weight excluding hydrogens is 291 g/mol. The molecule has 0 spiro atoms. The highest BCUT2D eigenvalue weighted by Gasteiger charge is 2.23. The van der Waals surface area contributed by atoms with Crippen molar-refractivity contribution in [3.05, 3.63) is 35.1 Å². The molecule has 3 rings (SSSR count). The van der Waals surface area contributed by atoms with Crippen LogP contribution in [0.3, 0.4) is 0 Å². The summed E-state index contributed by atoms with van der Waals surface area (Å²) in [4.78, 5) is 14.1. The number of carbonyl (C=O) groups excluding carboxylic acids is 1. The lowest BCUT2D eigenvalue weighted by Crippen LogP contribution is -2.28. The fraction of sp³-hybridized carbons (Fsp3) is 0.562. The van der Waals surface area contributed by atoms with Gasteiger partial charge in [-0.15, -0.1) is 12.4 Å². The second-order valence-electron chi connectivity index (χ2n) is 5.76. The molecule has 3 nitrogen and oxygen atoms in total. The van der Waals surface area contributed by atoms with Crippen LogP contribution in [0.1, 0.15) is 47.5 Å². The molecule has 1 N–H and O–H groups in total. The fourth-order valence-corrected chi connectivity index (χ4v) is 3.23. The Hall–Kier alpha value is -1.13. The van der Waals surface area contributed by atoms with Crippen molar-refractivity contribution in [2.24, 2.45) is 0 Å². The number of amides is 1. The summed E-state index contributed by atoms with van der Waals surface area (Å²) in [6, 6.07) is 5.04. The van der Waals surface area contributed by atoms with E-state index in [4.69, 9.17) is 0 Å². The van der Waals surface area contributed by atoms with Crippen LogP contribution < -0.4 is 5.32 Å². The molecule has 0 unspecified atom stereocenters. The third kappa shape index (κ3) is 3.55. The minimum Gasteiger partial charge on any atom is -0.339 e. The van der Waals surface area contributed by atoms with Gasteiger partial charge in [-0.1, -0.05) is 6.07 Å². The maximum atomic E-state index is 14.3. The van der Waals surface area contributed by atoms with Crippen molar-refractivity contribution in [3.63, 3.8) is 0 Å². The predicted octanol–water partition coefficient (Wildman–Crippen LogP) is 2.95. The Balaban J connectivity index is 0.00000161. The molecule has 0 atom stereocenters. The first kappa shape index (κ1) is 16.2. The molecule has 0 saturated carbocycles. The average molecular weight is 313 g/mol. The summed E-state index contributed by atoms with van der Waals surface area (Å²) in [5.74, 6) is 0.0346. The highest BCUT2D eigenvalue weighted by molar-refractivity contribution is 5.94. The Morgan fingerprint density at radius 1 is 1.19 bits per heavy atom. The number of rotatable bonds is 2. The SMILES string of the molecule is Cl.O=C(c1ccc(C2CCNCC2)c(F)c1)N1CCCC1. The van der Waals surface area contributed by atoms with Crippen LogP contribution in [0.5, 0.6) is 0 Å². The minimum absolute atomic E-state index is 0. The maximum absolute atomic E-state index is 14.3. The van der Waals surface area contributed by atoms with Crippen LogP contribution in [-0.2, 0) is 0 Å². The number of hydrogen-bond acceptors (Lipinski definition) is 2. The number of likely N-dealkylation sites (tertiary alicyclic amines) is 1.